The lowest BCUT2D eigenvalue weighted by molar-refractivity contribution is 0.101. The van der Waals surface area contributed by atoms with Crippen LogP contribution in [0.4, 0.5) is 10.5 Å². The zero-order valence-corrected chi connectivity index (χ0v) is 15.8. The molecule has 2 amide bonds. The number of amides is 2. The van der Waals surface area contributed by atoms with Crippen LogP contribution in [0.15, 0.2) is 53.3 Å². The maximum absolute atomic E-state index is 12.5. The van der Waals surface area contributed by atoms with Gasteiger partial charge in [0.1, 0.15) is 6.04 Å². The number of nitrogens with one attached hydrogen (secondary N) is 2. The molecular formula is C20H21N5O3. The van der Waals surface area contributed by atoms with E-state index in [9.17, 15) is 9.59 Å². The zero-order chi connectivity index (χ0) is 20.1. The van der Waals surface area contributed by atoms with Crippen LogP contribution in [0.1, 0.15) is 43.1 Å². The fourth-order valence-electron chi connectivity index (χ4n) is 2.62. The van der Waals surface area contributed by atoms with E-state index in [0.29, 0.717) is 23.0 Å². The molecule has 0 radical (unpaired) electrons. The first-order chi connectivity index (χ1) is 13.4. The second-order valence-corrected chi connectivity index (χ2v) is 6.65. The molecule has 0 bridgehead atoms. The van der Waals surface area contributed by atoms with Crippen molar-refractivity contribution in [2.45, 2.75) is 26.8 Å². The van der Waals surface area contributed by atoms with Gasteiger partial charge in [0.05, 0.1) is 0 Å². The van der Waals surface area contributed by atoms with E-state index in [-0.39, 0.29) is 11.7 Å². The van der Waals surface area contributed by atoms with Crippen LogP contribution in [0, 0.1) is 5.92 Å². The molecule has 8 heteroatoms. The molecule has 1 aromatic carbocycles. The number of nitrogens with zero attached hydrogens (tertiary/aromatic N) is 3. The molecule has 1 atom stereocenters. The molecule has 0 saturated heterocycles. The summed E-state index contributed by atoms with van der Waals surface area (Å²) < 4.78 is 5.38. The first-order valence-corrected chi connectivity index (χ1v) is 8.86. The molecule has 2 aromatic heterocycles. The highest BCUT2D eigenvalue weighted by atomic mass is 16.5. The van der Waals surface area contributed by atoms with Crippen LogP contribution in [0.3, 0.4) is 0 Å². The van der Waals surface area contributed by atoms with Crippen LogP contribution >= 0.6 is 0 Å². The van der Waals surface area contributed by atoms with Crippen molar-refractivity contribution < 1.29 is 14.1 Å². The molecule has 0 spiro atoms. The van der Waals surface area contributed by atoms with Gasteiger partial charge in [0.25, 0.3) is 0 Å². The van der Waals surface area contributed by atoms with Crippen LogP contribution in [-0.4, -0.2) is 26.9 Å². The molecule has 2 heterocycles. The fraction of sp³-hybridized carbons (Fsp3) is 0.250. The molecule has 0 fully saturated rings. The summed E-state index contributed by atoms with van der Waals surface area (Å²) in [6, 6.07) is 9.40. The highest BCUT2D eigenvalue weighted by Crippen LogP contribution is 2.23. The van der Waals surface area contributed by atoms with E-state index >= 15 is 0 Å². The number of anilines is 1. The summed E-state index contributed by atoms with van der Waals surface area (Å²) in [7, 11) is 0. The Morgan fingerprint density at radius 1 is 1.11 bits per heavy atom. The summed E-state index contributed by atoms with van der Waals surface area (Å²) in [4.78, 5) is 32.3. The minimum absolute atomic E-state index is 0.0139. The molecule has 3 rings (SSSR count). The number of carbonyl (C=O) groups is 2. The predicted octanol–water partition coefficient (Wildman–Crippen LogP) is 3.85. The van der Waals surface area contributed by atoms with Crippen molar-refractivity contribution in [3.63, 3.8) is 0 Å². The Balaban J connectivity index is 1.73. The molecule has 0 aliphatic rings. The Morgan fingerprint density at radius 3 is 2.54 bits per heavy atom. The normalized spacial score (nSPS) is 11.9. The first kappa shape index (κ1) is 19.2. The van der Waals surface area contributed by atoms with Gasteiger partial charge in [-0.2, -0.15) is 4.98 Å². The molecule has 144 valence electrons. The van der Waals surface area contributed by atoms with Crippen LogP contribution in [0.5, 0.6) is 0 Å². The van der Waals surface area contributed by atoms with Gasteiger partial charge in [0.2, 0.25) is 11.7 Å². The summed E-state index contributed by atoms with van der Waals surface area (Å²) in [5, 5.41) is 9.57. The SMILES string of the molecule is CC(=O)c1cccc(NC(=O)NC(c2nc(-c3ccncc3)no2)C(C)C)c1. The summed E-state index contributed by atoms with van der Waals surface area (Å²) in [5.74, 6) is 0.688. The van der Waals surface area contributed by atoms with Crippen LogP contribution < -0.4 is 10.6 Å². The maximum atomic E-state index is 12.5. The van der Waals surface area contributed by atoms with Gasteiger partial charge in [0, 0.05) is 29.2 Å². The number of aromatic nitrogens is 3. The third-order valence-electron chi connectivity index (χ3n) is 4.13. The van der Waals surface area contributed by atoms with E-state index in [2.05, 4.69) is 25.8 Å². The number of rotatable bonds is 6. The molecule has 3 aromatic rings. The molecule has 1 unspecified atom stereocenters. The number of pyridine rings is 1. The molecule has 2 N–H and O–H groups in total. The van der Waals surface area contributed by atoms with Gasteiger partial charge in [-0.25, -0.2) is 4.79 Å². The van der Waals surface area contributed by atoms with E-state index in [1.54, 1.807) is 48.8 Å². The van der Waals surface area contributed by atoms with Gasteiger partial charge in [-0.1, -0.05) is 31.1 Å². The lowest BCUT2D eigenvalue weighted by atomic mass is 10.0. The van der Waals surface area contributed by atoms with Crippen molar-refractivity contribution in [2.75, 3.05) is 5.32 Å². The number of urea groups is 1. The Hall–Kier alpha value is -3.55. The van der Waals surface area contributed by atoms with E-state index in [0.717, 1.165) is 5.56 Å². The minimum Gasteiger partial charge on any atom is -0.337 e. The summed E-state index contributed by atoms with van der Waals surface area (Å²) in [6.45, 7) is 5.36. The predicted molar refractivity (Wildman–Crippen MR) is 104 cm³/mol. The third kappa shape index (κ3) is 4.59. The Bertz CT molecular complexity index is 969. The minimum atomic E-state index is -0.473. The molecular weight excluding hydrogens is 358 g/mol. The van der Waals surface area contributed by atoms with Crippen molar-refractivity contribution in [1.82, 2.24) is 20.4 Å². The average molecular weight is 379 g/mol. The number of Topliss-reactive ketones (excluding diaryl/α,β-unsaturated/α-hetero) is 1. The van der Waals surface area contributed by atoms with Gasteiger partial charge in [-0.15, -0.1) is 0 Å². The molecule has 0 aliphatic carbocycles. The summed E-state index contributed by atoms with van der Waals surface area (Å²) in [6.07, 6.45) is 3.29. The Morgan fingerprint density at radius 2 is 1.86 bits per heavy atom. The van der Waals surface area contributed by atoms with Crippen molar-refractivity contribution in [3.8, 4) is 11.4 Å². The molecule has 0 saturated carbocycles. The zero-order valence-electron chi connectivity index (χ0n) is 15.8. The summed E-state index contributed by atoms with van der Waals surface area (Å²) in [5.41, 5.74) is 1.82. The Kier molecular flexibility index (Phi) is 5.78. The van der Waals surface area contributed by atoms with E-state index in [4.69, 9.17) is 4.52 Å². The van der Waals surface area contributed by atoms with E-state index < -0.39 is 12.1 Å². The van der Waals surface area contributed by atoms with Crippen molar-refractivity contribution in [3.05, 3.63) is 60.2 Å². The topological polar surface area (TPSA) is 110 Å². The molecule has 8 nitrogen and oxygen atoms in total. The summed E-state index contributed by atoms with van der Waals surface area (Å²) >= 11 is 0. The highest BCUT2D eigenvalue weighted by molar-refractivity contribution is 5.96. The number of benzene rings is 1. The smallest absolute Gasteiger partial charge is 0.319 e. The van der Waals surface area contributed by atoms with Gasteiger partial charge >= 0.3 is 6.03 Å². The van der Waals surface area contributed by atoms with Crippen molar-refractivity contribution >= 4 is 17.5 Å². The quantitative estimate of drug-likeness (QED) is 0.630. The van der Waals surface area contributed by atoms with Gasteiger partial charge in [0.15, 0.2) is 5.78 Å². The highest BCUT2D eigenvalue weighted by Gasteiger charge is 2.25. The number of hydrogen-bond donors (Lipinski definition) is 2. The fourth-order valence-corrected chi connectivity index (χ4v) is 2.62. The van der Waals surface area contributed by atoms with Crippen molar-refractivity contribution in [2.24, 2.45) is 5.92 Å². The maximum Gasteiger partial charge on any atom is 0.319 e. The lowest BCUT2D eigenvalue weighted by Crippen LogP contribution is -2.35. The second kappa shape index (κ2) is 8.43. The van der Waals surface area contributed by atoms with Crippen LogP contribution in [0.25, 0.3) is 11.4 Å². The van der Waals surface area contributed by atoms with Gasteiger partial charge in [-0.05, 0) is 37.1 Å². The second-order valence-electron chi connectivity index (χ2n) is 6.65. The average Bonchev–Trinajstić information content (AvgIpc) is 3.16. The third-order valence-corrected chi connectivity index (χ3v) is 4.13. The van der Waals surface area contributed by atoms with Crippen LogP contribution in [-0.2, 0) is 0 Å². The number of hydrogen-bond acceptors (Lipinski definition) is 6. The van der Waals surface area contributed by atoms with E-state index in [1.165, 1.54) is 6.92 Å². The van der Waals surface area contributed by atoms with Crippen LogP contribution in [0.2, 0.25) is 0 Å². The largest absolute Gasteiger partial charge is 0.337 e. The first-order valence-electron chi connectivity index (χ1n) is 8.86. The molecule has 0 aliphatic heterocycles. The monoisotopic (exact) mass is 379 g/mol. The molecule has 28 heavy (non-hydrogen) atoms. The number of ketones is 1. The Labute approximate surface area is 162 Å². The lowest BCUT2D eigenvalue weighted by Gasteiger charge is -2.19. The number of carbonyl (C=O) groups excluding carboxylic acids is 2. The standard InChI is InChI=1S/C20H21N5O3/c1-12(2)17(19-24-18(25-28-19)14-7-9-21-10-8-14)23-20(27)22-16-6-4-5-15(11-16)13(3)26/h4-12,17H,1-3H3,(H2,22,23,27). The van der Waals surface area contributed by atoms with Gasteiger partial charge in [-0.3, -0.25) is 9.78 Å². The van der Waals surface area contributed by atoms with Gasteiger partial charge < -0.3 is 15.2 Å². The van der Waals surface area contributed by atoms with E-state index in [1.807, 2.05) is 13.8 Å². The van der Waals surface area contributed by atoms with Crippen molar-refractivity contribution in [1.29, 1.82) is 0 Å².